The van der Waals surface area contributed by atoms with Crippen LogP contribution >= 0.6 is 11.3 Å². The van der Waals surface area contributed by atoms with E-state index in [2.05, 4.69) is 41.6 Å². The fourth-order valence-corrected chi connectivity index (χ4v) is 9.03. The van der Waals surface area contributed by atoms with Crippen molar-refractivity contribution in [3.63, 3.8) is 0 Å². The Balaban J connectivity index is 0.857. The number of aromatic hydroxyl groups is 1. The number of para-hydroxylation sites is 1. The van der Waals surface area contributed by atoms with Gasteiger partial charge in [0.05, 0.1) is 39.6 Å². The monoisotopic (exact) mass is 802 g/mol. The van der Waals surface area contributed by atoms with Crippen molar-refractivity contribution >= 4 is 34.2 Å². The van der Waals surface area contributed by atoms with Crippen LogP contribution in [0.1, 0.15) is 80.9 Å². The highest BCUT2D eigenvalue weighted by molar-refractivity contribution is 7.13. The minimum absolute atomic E-state index is 0.0690. The lowest BCUT2D eigenvalue weighted by atomic mass is 9.75. The Morgan fingerprint density at radius 1 is 1.05 bits per heavy atom. The Morgan fingerprint density at radius 2 is 1.83 bits per heavy atom. The van der Waals surface area contributed by atoms with Crippen molar-refractivity contribution in [1.29, 1.82) is 0 Å². The summed E-state index contributed by atoms with van der Waals surface area (Å²) in [6.07, 6.45) is 0.919. The summed E-state index contributed by atoms with van der Waals surface area (Å²) in [5.41, 5.74) is 7.66. The number of amides is 2. The van der Waals surface area contributed by atoms with Gasteiger partial charge >= 0.3 is 0 Å². The molecule has 13 nitrogen and oxygen atoms in total. The first-order valence-electron chi connectivity index (χ1n) is 20.0. The predicted octanol–water partition coefficient (Wildman–Crippen LogP) is 6.54. The number of aromatic amines is 1. The molecule has 58 heavy (non-hydrogen) atoms. The van der Waals surface area contributed by atoms with Crippen molar-refractivity contribution in [3.05, 3.63) is 101 Å². The van der Waals surface area contributed by atoms with Crippen LogP contribution < -0.4 is 5.32 Å². The zero-order valence-electron chi connectivity index (χ0n) is 33.5. The zero-order chi connectivity index (χ0) is 40.7. The van der Waals surface area contributed by atoms with Gasteiger partial charge in [0.15, 0.2) is 11.4 Å². The molecule has 2 aliphatic rings. The van der Waals surface area contributed by atoms with Crippen LogP contribution in [0.4, 0.5) is 0 Å². The van der Waals surface area contributed by atoms with E-state index in [1.807, 2.05) is 88.7 Å². The van der Waals surface area contributed by atoms with Gasteiger partial charge in [-0.2, -0.15) is 0 Å². The van der Waals surface area contributed by atoms with Crippen LogP contribution in [0.3, 0.4) is 0 Å². The van der Waals surface area contributed by atoms with E-state index in [0.29, 0.717) is 29.4 Å². The van der Waals surface area contributed by atoms with Gasteiger partial charge in [0.25, 0.3) is 0 Å². The molecule has 0 radical (unpaired) electrons. The second-order valence-electron chi connectivity index (χ2n) is 16.4. The number of benzene rings is 2. The van der Waals surface area contributed by atoms with E-state index in [1.54, 1.807) is 23.5 Å². The van der Waals surface area contributed by atoms with Crippen molar-refractivity contribution in [3.8, 4) is 27.4 Å². The van der Waals surface area contributed by atoms with Gasteiger partial charge < -0.3 is 34.8 Å². The van der Waals surface area contributed by atoms with Crippen LogP contribution in [0.25, 0.3) is 32.7 Å². The quantitative estimate of drug-likeness (QED) is 0.101. The Labute approximate surface area is 341 Å². The number of nitrogens with one attached hydrogen (secondary N) is 2. The Kier molecular flexibility index (Phi) is 10.9. The lowest BCUT2D eigenvalue weighted by Crippen LogP contribution is -2.54. The molecule has 0 aliphatic carbocycles. The van der Waals surface area contributed by atoms with E-state index in [0.717, 1.165) is 70.2 Å². The first kappa shape index (κ1) is 39.4. The van der Waals surface area contributed by atoms with E-state index >= 15 is 0 Å². The second-order valence-corrected chi connectivity index (χ2v) is 17.2. The normalized spacial score (nSPS) is 19.1. The summed E-state index contributed by atoms with van der Waals surface area (Å²) in [6, 6.07) is 20.0. The molecular weight excluding hydrogens is 753 g/mol. The number of phenolic OH excluding ortho intramolecular Hbond substituents is 1. The number of hydrogen-bond donors (Lipinski definition) is 4. The maximum absolute atomic E-state index is 14.5. The van der Waals surface area contributed by atoms with Gasteiger partial charge in [0.1, 0.15) is 17.2 Å². The van der Waals surface area contributed by atoms with Crippen LogP contribution in [0.5, 0.6) is 5.75 Å². The summed E-state index contributed by atoms with van der Waals surface area (Å²) >= 11 is 1.60. The van der Waals surface area contributed by atoms with Crippen LogP contribution in [0, 0.1) is 12.8 Å². The van der Waals surface area contributed by atoms with Gasteiger partial charge in [-0.3, -0.25) is 9.59 Å². The summed E-state index contributed by atoms with van der Waals surface area (Å²) in [6.45, 7) is 12.5. The Bertz CT molecular complexity index is 2420. The highest BCUT2D eigenvalue weighted by Gasteiger charge is 2.50. The number of aromatic nitrogens is 5. The molecule has 8 rings (SSSR count). The highest BCUT2D eigenvalue weighted by Crippen LogP contribution is 2.38. The van der Waals surface area contributed by atoms with E-state index < -0.39 is 17.6 Å². The molecule has 0 unspecified atom stereocenters. The second kappa shape index (κ2) is 16.1. The third-order valence-corrected chi connectivity index (χ3v) is 13.1. The summed E-state index contributed by atoms with van der Waals surface area (Å²) < 4.78 is 5.90. The van der Waals surface area contributed by atoms with Crippen LogP contribution in [-0.4, -0.2) is 95.5 Å². The molecule has 14 heteroatoms. The van der Waals surface area contributed by atoms with Crippen LogP contribution in [0.15, 0.2) is 76.8 Å². The maximum atomic E-state index is 14.5. The molecule has 0 saturated carbocycles. The number of nitrogens with zero attached hydrogens (tertiary/aromatic N) is 6. The van der Waals surface area contributed by atoms with Gasteiger partial charge in [-0.25, -0.2) is 4.98 Å². The molecule has 4 N–H and O–H groups in total. The standard InChI is InChI=1S/C44H50N8O5S/c1-25(2)44(5,43(56)52-23-33(53)20-37(52)42(55)46-26(3)28-12-14-29(15-13-28)40-27(4)45-24-58-40)39-19-32(50-57-39)9-8-16-51-21-31(22-51)35-17-30-18-36(48-49-41(30)47-35)34-10-6-7-11-38(34)54/h6-7,10-15,17-19,24-26,31,33,37,53-54H,8-9,16,20-23H2,1-5H3,(H,46,55)(H,47,49)/t26-,33+,37-,44-/m0/s1. The number of hydrogen-bond acceptors (Lipinski definition) is 11. The first-order chi connectivity index (χ1) is 27.9. The van der Waals surface area contributed by atoms with Gasteiger partial charge in [0, 0.05) is 54.7 Å². The van der Waals surface area contributed by atoms with E-state index in [4.69, 9.17) is 4.52 Å². The molecule has 6 aromatic rings. The topological polar surface area (TPSA) is 174 Å². The number of phenols is 1. The molecule has 0 bridgehead atoms. The van der Waals surface area contributed by atoms with Gasteiger partial charge in [-0.1, -0.05) is 55.4 Å². The van der Waals surface area contributed by atoms with Crippen molar-refractivity contribution < 1.29 is 24.3 Å². The number of carbonyl (C=O) groups is 2. The zero-order valence-corrected chi connectivity index (χ0v) is 34.3. The molecular formula is C44H50N8O5S. The minimum atomic E-state index is -1.10. The molecule has 4 atom stereocenters. The van der Waals surface area contributed by atoms with Gasteiger partial charge in [-0.05, 0) is 81.5 Å². The largest absolute Gasteiger partial charge is 0.507 e. The SMILES string of the molecule is Cc1ncsc1-c1ccc([C@H](C)NC(=O)[C@@H]2C[C@@H](O)CN2C(=O)[C@](C)(c2cc(CCCN3CC(c4cc5cc(-c6ccccc6O)nnc5[nH]4)C3)no2)C(C)C)cc1. The van der Waals surface area contributed by atoms with Crippen LogP contribution in [-0.2, 0) is 21.4 Å². The summed E-state index contributed by atoms with van der Waals surface area (Å²) in [5.74, 6) is 0.270. The summed E-state index contributed by atoms with van der Waals surface area (Å²) in [7, 11) is 0. The minimum Gasteiger partial charge on any atom is -0.507 e. The number of thiazole rings is 1. The molecule has 0 spiro atoms. The van der Waals surface area contributed by atoms with Crippen molar-refractivity contribution in [2.75, 3.05) is 26.2 Å². The average Bonchev–Trinajstić information content (AvgIpc) is 4.02. The number of aryl methyl sites for hydroxylation is 2. The summed E-state index contributed by atoms with van der Waals surface area (Å²) in [5, 5.41) is 38.1. The molecule has 4 aromatic heterocycles. The summed E-state index contributed by atoms with van der Waals surface area (Å²) in [4.78, 5) is 41.1. The van der Waals surface area contributed by atoms with Crippen molar-refractivity contribution in [1.82, 2.24) is 40.4 Å². The predicted molar refractivity (Wildman–Crippen MR) is 222 cm³/mol. The number of likely N-dealkylation sites (tertiary alicyclic amines) is 2. The Hall–Kier alpha value is -5.44. The number of rotatable bonds is 13. The van der Waals surface area contributed by atoms with E-state index in [-0.39, 0.29) is 42.5 Å². The number of aliphatic hydroxyl groups is 1. The van der Waals surface area contributed by atoms with Gasteiger partial charge in [-0.15, -0.1) is 21.5 Å². The third-order valence-electron chi connectivity index (χ3n) is 12.2. The molecule has 6 heterocycles. The smallest absolute Gasteiger partial charge is 0.243 e. The molecule has 2 aliphatic heterocycles. The molecule has 2 aromatic carbocycles. The fraction of sp³-hybridized carbons (Fsp3) is 0.409. The van der Waals surface area contributed by atoms with Gasteiger partial charge in [0.2, 0.25) is 11.8 Å². The lowest BCUT2D eigenvalue weighted by Gasteiger charge is -2.38. The Morgan fingerprint density at radius 3 is 2.55 bits per heavy atom. The number of aliphatic hydroxyl groups excluding tert-OH is 1. The molecule has 2 amide bonds. The molecule has 302 valence electrons. The number of carbonyl (C=O) groups excluding carboxylic acids is 2. The average molecular weight is 803 g/mol. The van der Waals surface area contributed by atoms with E-state index in [1.165, 1.54) is 4.90 Å². The van der Waals surface area contributed by atoms with Crippen molar-refractivity contribution in [2.45, 2.75) is 83.4 Å². The lowest BCUT2D eigenvalue weighted by molar-refractivity contribution is -0.145. The molecule has 2 saturated heterocycles. The third kappa shape index (κ3) is 7.63. The van der Waals surface area contributed by atoms with Crippen LogP contribution in [0.2, 0.25) is 0 Å². The first-order valence-corrected chi connectivity index (χ1v) is 20.9. The fourth-order valence-electron chi connectivity index (χ4n) is 8.22. The number of β-amino-alcohol motifs (C(OH)–C–C–N with tert-alkyl or cyclic N) is 1. The van der Waals surface area contributed by atoms with E-state index in [9.17, 15) is 19.8 Å². The molecule has 2 fully saturated rings. The maximum Gasteiger partial charge on any atom is 0.243 e. The van der Waals surface area contributed by atoms with Crippen molar-refractivity contribution in [2.24, 2.45) is 5.92 Å². The number of fused-ring (bicyclic) bond motifs is 1. The highest BCUT2D eigenvalue weighted by atomic mass is 32.1. The number of H-pyrrole nitrogens is 1.